The van der Waals surface area contributed by atoms with Gasteiger partial charge in [0.25, 0.3) is 5.69 Å². The predicted molar refractivity (Wildman–Crippen MR) is 80.2 cm³/mol. The minimum atomic E-state index is -1.05. The van der Waals surface area contributed by atoms with Crippen LogP contribution in [0.5, 0.6) is 0 Å². The Bertz CT molecular complexity index is 920. The maximum atomic E-state index is 11.1. The normalized spacial score (nSPS) is 10.8. The Morgan fingerprint density at radius 1 is 1.27 bits per heavy atom. The molecule has 3 rings (SSSR count). The molecule has 0 amide bonds. The molecule has 3 aromatic rings. The number of nitrogens with zero attached hydrogens (tertiary/aromatic N) is 2. The molecule has 0 fully saturated rings. The van der Waals surface area contributed by atoms with E-state index in [1.807, 2.05) is 0 Å². The number of benzene rings is 2. The first kappa shape index (κ1) is 14.0. The predicted octanol–water partition coefficient (Wildman–Crippen LogP) is 3.49. The molecule has 110 valence electrons. The van der Waals surface area contributed by atoms with E-state index in [0.29, 0.717) is 22.2 Å². The lowest BCUT2D eigenvalue weighted by Gasteiger charge is -2.02. The van der Waals surface area contributed by atoms with Crippen LogP contribution >= 0.6 is 11.6 Å². The second kappa shape index (κ2) is 5.12. The largest absolute Gasteiger partial charge is 0.478 e. The maximum Gasteiger partial charge on any atom is 0.335 e. The highest BCUT2D eigenvalue weighted by atomic mass is 35.5. The number of nitro benzene ring substituents is 1. The molecule has 0 aliphatic rings. The van der Waals surface area contributed by atoms with Gasteiger partial charge in [-0.3, -0.25) is 15.2 Å². The molecule has 0 saturated heterocycles. The molecular formula is C14H8ClN3O4. The monoisotopic (exact) mass is 317 g/mol. The fraction of sp³-hybridized carbons (Fsp3) is 0. The van der Waals surface area contributed by atoms with Crippen LogP contribution in [0.1, 0.15) is 10.4 Å². The number of hydrogen-bond acceptors (Lipinski definition) is 4. The number of aromatic carboxylic acids is 1. The average Bonchev–Trinajstić information content (AvgIpc) is 2.89. The Balaban J connectivity index is 2.20. The quantitative estimate of drug-likeness (QED) is 0.567. The number of aromatic nitrogens is 2. The lowest BCUT2D eigenvalue weighted by atomic mass is 10.1. The van der Waals surface area contributed by atoms with Gasteiger partial charge in [0.1, 0.15) is 5.69 Å². The van der Waals surface area contributed by atoms with Crippen molar-refractivity contribution >= 4 is 34.2 Å². The Morgan fingerprint density at radius 2 is 2.05 bits per heavy atom. The molecule has 0 aliphatic carbocycles. The van der Waals surface area contributed by atoms with Gasteiger partial charge in [0.05, 0.1) is 21.0 Å². The number of hydrogen-bond donors (Lipinski definition) is 2. The summed E-state index contributed by atoms with van der Waals surface area (Å²) in [5, 5.41) is 27.5. The molecule has 0 atom stereocenters. The standard InChI is InChI=1S/C14H8ClN3O4/c15-11-6-8(18(21)22)2-3-9(11)13-10-5-7(14(19)20)1-4-12(10)16-17-13/h1-6H,(H,16,17)(H,19,20). The first-order chi connectivity index (χ1) is 10.5. The van der Waals surface area contributed by atoms with Crippen molar-refractivity contribution in [1.82, 2.24) is 10.2 Å². The Labute approximate surface area is 128 Å². The maximum absolute atomic E-state index is 11.1. The van der Waals surface area contributed by atoms with Crippen molar-refractivity contribution in [3.05, 3.63) is 57.1 Å². The molecule has 0 unspecified atom stereocenters. The van der Waals surface area contributed by atoms with E-state index in [4.69, 9.17) is 16.7 Å². The molecule has 1 heterocycles. The topological polar surface area (TPSA) is 109 Å². The van der Waals surface area contributed by atoms with E-state index in [2.05, 4.69) is 10.2 Å². The van der Waals surface area contributed by atoms with Crippen molar-refractivity contribution in [3.63, 3.8) is 0 Å². The van der Waals surface area contributed by atoms with E-state index in [1.54, 1.807) is 6.07 Å². The fourth-order valence-corrected chi connectivity index (χ4v) is 2.43. The Kier molecular flexibility index (Phi) is 3.26. The summed E-state index contributed by atoms with van der Waals surface area (Å²) in [6, 6.07) is 8.59. The molecule has 0 bridgehead atoms. The molecule has 8 heteroatoms. The number of H-pyrrole nitrogens is 1. The number of carbonyl (C=O) groups is 1. The summed E-state index contributed by atoms with van der Waals surface area (Å²) >= 11 is 6.09. The minimum absolute atomic E-state index is 0.119. The van der Waals surface area contributed by atoms with Gasteiger partial charge in [0.2, 0.25) is 0 Å². The van der Waals surface area contributed by atoms with Crippen molar-refractivity contribution < 1.29 is 14.8 Å². The second-order valence-corrected chi connectivity index (χ2v) is 4.97. The molecule has 2 N–H and O–H groups in total. The van der Waals surface area contributed by atoms with Gasteiger partial charge in [0.15, 0.2) is 0 Å². The number of non-ortho nitro benzene ring substituents is 1. The molecular weight excluding hydrogens is 310 g/mol. The molecule has 0 saturated carbocycles. The number of nitrogens with one attached hydrogen (secondary N) is 1. The zero-order valence-corrected chi connectivity index (χ0v) is 11.7. The van der Waals surface area contributed by atoms with Crippen LogP contribution in [-0.4, -0.2) is 26.2 Å². The number of aromatic amines is 1. The minimum Gasteiger partial charge on any atom is -0.478 e. The van der Waals surface area contributed by atoms with Crippen LogP contribution in [0, 0.1) is 10.1 Å². The first-order valence-corrected chi connectivity index (χ1v) is 6.51. The van der Waals surface area contributed by atoms with Gasteiger partial charge in [0, 0.05) is 23.1 Å². The van der Waals surface area contributed by atoms with Crippen LogP contribution in [0.4, 0.5) is 5.69 Å². The molecule has 0 aliphatic heterocycles. The van der Waals surface area contributed by atoms with Crippen LogP contribution in [0.25, 0.3) is 22.2 Å². The number of halogens is 1. The number of carboxylic acids is 1. The summed E-state index contributed by atoms with van der Waals surface area (Å²) in [6.45, 7) is 0. The fourth-order valence-electron chi connectivity index (χ4n) is 2.16. The zero-order valence-electron chi connectivity index (χ0n) is 10.9. The Morgan fingerprint density at radius 3 is 2.68 bits per heavy atom. The lowest BCUT2D eigenvalue weighted by Crippen LogP contribution is -1.95. The molecule has 1 aromatic heterocycles. The first-order valence-electron chi connectivity index (χ1n) is 6.13. The van der Waals surface area contributed by atoms with Gasteiger partial charge in [-0.05, 0) is 24.3 Å². The van der Waals surface area contributed by atoms with Gasteiger partial charge < -0.3 is 5.11 Å². The van der Waals surface area contributed by atoms with Crippen molar-refractivity contribution in [1.29, 1.82) is 0 Å². The number of carboxylic acid groups (broad SMARTS) is 1. The third-order valence-electron chi connectivity index (χ3n) is 3.23. The highest BCUT2D eigenvalue weighted by molar-refractivity contribution is 6.33. The molecule has 22 heavy (non-hydrogen) atoms. The second-order valence-electron chi connectivity index (χ2n) is 4.56. The van der Waals surface area contributed by atoms with Crippen LogP contribution < -0.4 is 0 Å². The molecule has 7 nitrogen and oxygen atoms in total. The Hall–Kier alpha value is -2.93. The summed E-state index contributed by atoms with van der Waals surface area (Å²) in [6.07, 6.45) is 0. The van der Waals surface area contributed by atoms with Crippen molar-refractivity contribution in [2.75, 3.05) is 0 Å². The van der Waals surface area contributed by atoms with E-state index in [1.165, 1.54) is 30.3 Å². The van der Waals surface area contributed by atoms with Crippen LogP contribution in [0.2, 0.25) is 5.02 Å². The summed E-state index contributed by atoms with van der Waals surface area (Å²) in [5.74, 6) is -1.05. The average molecular weight is 318 g/mol. The van der Waals surface area contributed by atoms with Crippen LogP contribution in [0.15, 0.2) is 36.4 Å². The van der Waals surface area contributed by atoms with Gasteiger partial charge >= 0.3 is 5.97 Å². The van der Waals surface area contributed by atoms with Gasteiger partial charge in [-0.1, -0.05) is 11.6 Å². The van der Waals surface area contributed by atoms with Gasteiger partial charge in [-0.2, -0.15) is 5.10 Å². The van der Waals surface area contributed by atoms with Crippen molar-refractivity contribution in [3.8, 4) is 11.3 Å². The van der Waals surface area contributed by atoms with E-state index in [0.717, 1.165) is 0 Å². The molecule has 0 radical (unpaired) electrons. The zero-order chi connectivity index (χ0) is 15.9. The van der Waals surface area contributed by atoms with Crippen LogP contribution in [-0.2, 0) is 0 Å². The van der Waals surface area contributed by atoms with E-state index >= 15 is 0 Å². The summed E-state index contributed by atoms with van der Waals surface area (Å²) in [5.41, 5.74) is 1.57. The summed E-state index contributed by atoms with van der Waals surface area (Å²) in [7, 11) is 0. The SMILES string of the molecule is O=C(O)c1ccc2[nH]nc(-c3ccc([N+](=O)[O-])cc3Cl)c2c1. The highest BCUT2D eigenvalue weighted by Crippen LogP contribution is 2.34. The molecule has 2 aromatic carbocycles. The smallest absolute Gasteiger partial charge is 0.335 e. The van der Waals surface area contributed by atoms with Gasteiger partial charge in [-0.15, -0.1) is 0 Å². The van der Waals surface area contributed by atoms with Crippen molar-refractivity contribution in [2.24, 2.45) is 0 Å². The van der Waals surface area contributed by atoms with E-state index in [9.17, 15) is 14.9 Å². The third-order valence-corrected chi connectivity index (χ3v) is 3.54. The van der Waals surface area contributed by atoms with Crippen molar-refractivity contribution in [2.45, 2.75) is 0 Å². The summed E-state index contributed by atoms with van der Waals surface area (Å²) < 4.78 is 0. The third kappa shape index (κ3) is 2.27. The number of fused-ring (bicyclic) bond motifs is 1. The summed E-state index contributed by atoms with van der Waals surface area (Å²) in [4.78, 5) is 21.3. The lowest BCUT2D eigenvalue weighted by molar-refractivity contribution is -0.384. The number of rotatable bonds is 3. The van der Waals surface area contributed by atoms with Gasteiger partial charge in [-0.25, -0.2) is 4.79 Å². The van der Waals surface area contributed by atoms with Crippen LogP contribution in [0.3, 0.4) is 0 Å². The highest BCUT2D eigenvalue weighted by Gasteiger charge is 2.16. The number of nitro groups is 1. The van der Waals surface area contributed by atoms with E-state index in [-0.39, 0.29) is 16.3 Å². The van der Waals surface area contributed by atoms with E-state index < -0.39 is 10.9 Å². The molecule has 0 spiro atoms.